The average molecular weight is 357 g/mol. The van der Waals surface area contributed by atoms with Gasteiger partial charge in [0.25, 0.3) is 5.91 Å². The second kappa shape index (κ2) is 9.13. The first-order valence-electron chi connectivity index (χ1n) is 8.67. The minimum absolute atomic E-state index is 0.133. The lowest BCUT2D eigenvalue weighted by molar-refractivity contribution is -0.127. The first-order valence-corrected chi connectivity index (χ1v) is 8.67. The predicted molar refractivity (Wildman–Crippen MR) is 102 cm³/mol. The van der Waals surface area contributed by atoms with Crippen LogP contribution >= 0.6 is 0 Å². The van der Waals surface area contributed by atoms with E-state index in [1.54, 1.807) is 21.1 Å². The predicted octanol–water partition coefficient (Wildman–Crippen LogP) is 3.45. The molecule has 0 saturated carbocycles. The van der Waals surface area contributed by atoms with Crippen LogP contribution in [0.5, 0.6) is 17.2 Å². The maximum absolute atomic E-state index is 12.3. The van der Waals surface area contributed by atoms with E-state index in [2.05, 4.69) is 5.32 Å². The fraction of sp³-hybridized carbons (Fsp3) is 0.381. The molecule has 0 radical (unpaired) electrons. The number of nitrogens with one attached hydrogen (secondary N) is 1. The Kier molecular flexibility index (Phi) is 6.89. The molecule has 1 unspecified atom stereocenters. The van der Waals surface area contributed by atoms with E-state index >= 15 is 0 Å². The molecular weight excluding hydrogens is 330 g/mol. The molecule has 0 fully saturated rings. The Labute approximate surface area is 155 Å². The summed E-state index contributed by atoms with van der Waals surface area (Å²) in [6.07, 6.45) is 0.142. The zero-order valence-electron chi connectivity index (χ0n) is 16.1. The third kappa shape index (κ3) is 5.15. The van der Waals surface area contributed by atoms with E-state index in [1.807, 2.05) is 50.2 Å². The summed E-state index contributed by atoms with van der Waals surface area (Å²) >= 11 is 0. The number of benzene rings is 2. The van der Waals surface area contributed by atoms with E-state index < -0.39 is 6.10 Å². The summed E-state index contributed by atoms with van der Waals surface area (Å²) in [5.74, 6) is 1.98. The molecule has 1 atom stereocenters. The number of amides is 1. The molecule has 140 valence electrons. The smallest absolute Gasteiger partial charge is 0.260 e. The molecule has 0 aliphatic rings. The number of aryl methyl sites for hydroxylation is 2. The van der Waals surface area contributed by atoms with Gasteiger partial charge in [0.05, 0.1) is 14.2 Å². The van der Waals surface area contributed by atoms with E-state index in [0.29, 0.717) is 24.5 Å². The molecule has 0 spiro atoms. The van der Waals surface area contributed by atoms with Gasteiger partial charge >= 0.3 is 0 Å². The maximum atomic E-state index is 12.3. The van der Waals surface area contributed by atoms with Crippen LogP contribution < -0.4 is 19.5 Å². The zero-order chi connectivity index (χ0) is 19.1. The van der Waals surface area contributed by atoms with Crippen LogP contribution in [-0.2, 0) is 11.2 Å². The van der Waals surface area contributed by atoms with E-state index in [-0.39, 0.29) is 5.91 Å². The average Bonchev–Trinajstić information content (AvgIpc) is 2.64. The van der Waals surface area contributed by atoms with Gasteiger partial charge in [0.15, 0.2) is 17.6 Å². The highest BCUT2D eigenvalue weighted by atomic mass is 16.5. The van der Waals surface area contributed by atoms with Crippen LogP contribution in [0.15, 0.2) is 36.4 Å². The van der Waals surface area contributed by atoms with Gasteiger partial charge in [-0.2, -0.15) is 0 Å². The molecule has 0 aliphatic carbocycles. The highest BCUT2D eigenvalue weighted by molar-refractivity contribution is 5.80. The van der Waals surface area contributed by atoms with Gasteiger partial charge in [-0.1, -0.05) is 18.2 Å². The number of carbonyl (C=O) groups is 1. The highest BCUT2D eigenvalue weighted by Crippen LogP contribution is 2.27. The number of methoxy groups -OCH3 is 2. The van der Waals surface area contributed by atoms with Gasteiger partial charge < -0.3 is 19.5 Å². The standard InChI is InChI=1S/C21H27NO4/c1-14-6-7-15(2)19(12-14)26-16(3)21(23)22-11-10-17-8-9-18(24-4)20(13-17)25-5/h6-9,12-13,16H,10-11H2,1-5H3,(H,22,23). The monoisotopic (exact) mass is 357 g/mol. The molecule has 26 heavy (non-hydrogen) atoms. The molecule has 2 aromatic rings. The van der Waals surface area contributed by atoms with E-state index in [0.717, 1.165) is 22.4 Å². The first-order chi connectivity index (χ1) is 12.4. The molecule has 2 aromatic carbocycles. The minimum atomic E-state index is -0.555. The molecule has 0 heterocycles. The molecular formula is C21H27NO4. The third-order valence-corrected chi connectivity index (χ3v) is 4.18. The van der Waals surface area contributed by atoms with Crippen molar-refractivity contribution in [2.45, 2.75) is 33.3 Å². The number of hydrogen-bond donors (Lipinski definition) is 1. The summed E-state index contributed by atoms with van der Waals surface area (Å²) in [6.45, 7) is 6.25. The van der Waals surface area contributed by atoms with Gasteiger partial charge in [-0.05, 0) is 62.1 Å². The van der Waals surface area contributed by atoms with Crippen molar-refractivity contribution < 1.29 is 19.0 Å². The van der Waals surface area contributed by atoms with Gasteiger partial charge in [-0.3, -0.25) is 4.79 Å². The van der Waals surface area contributed by atoms with Crippen molar-refractivity contribution in [3.63, 3.8) is 0 Å². The Morgan fingerprint density at radius 1 is 1.00 bits per heavy atom. The Bertz CT molecular complexity index is 758. The summed E-state index contributed by atoms with van der Waals surface area (Å²) in [5, 5.41) is 2.92. The summed E-state index contributed by atoms with van der Waals surface area (Å²) in [5.41, 5.74) is 3.18. The minimum Gasteiger partial charge on any atom is -0.493 e. The van der Waals surface area contributed by atoms with E-state index in [9.17, 15) is 4.79 Å². The number of ether oxygens (including phenoxy) is 3. The Balaban J connectivity index is 1.87. The first kappa shape index (κ1) is 19.6. The molecule has 1 N–H and O–H groups in total. The third-order valence-electron chi connectivity index (χ3n) is 4.18. The van der Waals surface area contributed by atoms with E-state index in [1.165, 1.54) is 0 Å². The van der Waals surface area contributed by atoms with Crippen molar-refractivity contribution in [3.8, 4) is 17.2 Å². The van der Waals surface area contributed by atoms with Crippen molar-refractivity contribution in [1.29, 1.82) is 0 Å². The fourth-order valence-electron chi connectivity index (χ4n) is 2.59. The van der Waals surface area contributed by atoms with Gasteiger partial charge in [0.2, 0.25) is 0 Å². The summed E-state index contributed by atoms with van der Waals surface area (Å²) in [7, 11) is 3.21. The fourth-order valence-corrected chi connectivity index (χ4v) is 2.59. The molecule has 5 heteroatoms. The van der Waals surface area contributed by atoms with Crippen molar-refractivity contribution in [1.82, 2.24) is 5.32 Å². The maximum Gasteiger partial charge on any atom is 0.260 e. The largest absolute Gasteiger partial charge is 0.493 e. The van der Waals surface area contributed by atoms with Crippen molar-refractivity contribution in [3.05, 3.63) is 53.1 Å². The molecule has 0 saturated heterocycles. The van der Waals surface area contributed by atoms with Crippen LogP contribution in [0.1, 0.15) is 23.6 Å². The highest BCUT2D eigenvalue weighted by Gasteiger charge is 2.15. The van der Waals surface area contributed by atoms with Crippen LogP contribution in [-0.4, -0.2) is 32.8 Å². The molecule has 0 bridgehead atoms. The Morgan fingerprint density at radius 3 is 2.42 bits per heavy atom. The second-order valence-corrected chi connectivity index (χ2v) is 6.26. The molecule has 5 nitrogen and oxygen atoms in total. The van der Waals surface area contributed by atoms with E-state index in [4.69, 9.17) is 14.2 Å². The van der Waals surface area contributed by atoms with Crippen LogP contribution in [0.25, 0.3) is 0 Å². The van der Waals surface area contributed by atoms with Crippen LogP contribution in [0, 0.1) is 13.8 Å². The SMILES string of the molecule is COc1ccc(CCNC(=O)C(C)Oc2cc(C)ccc2C)cc1OC. The summed E-state index contributed by atoms with van der Waals surface area (Å²) < 4.78 is 16.3. The Hall–Kier alpha value is -2.69. The topological polar surface area (TPSA) is 56.8 Å². The molecule has 0 aromatic heterocycles. The van der Waals surface area contributed by atoms with Crippen LogP contribution in [0.4, 0.5) is 0 Å². The van der Waals surface area contributed by atoms with Gasteiger partial charge in [-0.15, -0.1) is 0 Å². The molecule has 2 rings (SSSR count). The van der Waals surface area contributed by atoms with Gasteiger partial charge in [-0.25, -0.2) is 0 Å². The van der Waals surface area contributed by atoms with Gasteiger partial charge in [0.1, 0.15) is 5.75 Å². The number of rotatable bonds is 8. The van der Waals surface area contributed by atoms with Crippen molar-refractivity contribution in [2.75, 3.05) is 20.8 Å². The summed E-state index contributed by atoms with van der Waals surface area (Å²) in [4.78, 5) is 12.3. The lowest BCUT2D eigenvalue weighted by atomic mass is 10.1. The van der Waals surface area contributed by atoms with Crippen molar-refractivity contribution in [2.24, 2.45) is 0 Å². The number of hydrogen-bond acceptors (Lipinski definition) is 4. The van der Waals surface area contributed by atoms with Crippen LogP contribution in [0.3, 0.4) is 0 Å². The normalized spacial score (nSPS) is 11.6. The number of carbonyl (C=O) groups excluding carboxylic acids is 1. The molecule has 0 aliphatic heterocycles. The van der Waals surface area contributed by atoms with Crippen LogP contribution in [0.2, 0.25) is 0 Å². The summed E-state index contributed by atoms with van der Waals surface area (Å²) in [6, 6.07) is 11.7. The lowest BCUT2D eigenvalue weighted by Crippen LogP contribution is -2.37. The van der Waals surface area contributed by atoms with Gasteiger partial charge in [0, 0.05) is 6.54 Å². The lowest BCUT2D eigenvalue weighted by Gasteiger charge is -2.17. The second-order valence-electron chi connectivity index (χ2n) is 6.26. The zero-order valence-corrected chi connectivity index (χ0v) is 16.1. The Morgan fingerprint density at radius 2 is 1.73 bits per heavy atom. The quantitative estimate of drug-likeness (QED) is 0.786. The van der Waals surface area contributed by atoms with Crippen molar-refractivity contribution >= 4 is 5.91 Å². The molecule has 1 amide bonds.